The molecule has 0 bridgehead atoms. The van der Waals surface area contributed by atoms with Crippen LogP contribution in [0.5, 0.6) is 5.75 Å². The van der Waals surface area contributed by atoms with Gasteiger partial charge in [-0.25, -0.2) is 4.39 Å². The Labute approximate surface area is 167 Å². The van der Waals surface area contributed by atoms with Gasteiger partial charge in [-0.3, -0.25) is 0 Å². The molecule has 0 spiro atoms. The highest BCUT2D eigenvalue weighted by Gasteiger charge is 2.33. The predicted molar refractivity (Wildman–Crippen MR) is 105 cm³/mol. The van der Waals surface area contributed by atoms with Crippen LogP contribution in [0, 0.1) is 19.7 Å². The van der Waals surface area contributed by atoms with Gasteiger partial charge in [0.05, 0.1) is 5.56 Å². The van der Waals surface area contributed by atoms with Crippen molar-refractivity contribution in [1.82, 2.24) is 0 Å². The first-order valence-corrected chi connectivity index (χ1v) is 9.10. The molecule has 1 N–H and O–H groups in total. The van der Waals surface area contributed by atoms with E-state index in [1.807, 2.05) is 32.0 Å². The first-order chi connectivity index (χ1) is 13.7. The molecule has 0 aliphatic carbocycles. The van der Waals surface area contributed by atoms with E-state index in [1.54, 1.807) is 6.07 Å². The number of nitrogens with one attached hydrogen (secondary N) is 1. The van der Waals surface area contributed by atoms with Crippen molar-refractivity contribution < 1.29 is 22.3 Å². The average Bonchev–Trinajstić information content (AvgIpc) is 2.63. The Hall–Kier alpha value is -3.02. The number of benzene rings is 3. The molecule has 0 fully saturated rings. The molecule has 29 heavy (non-hydrogen) atoms. The maximum Gasteiger partial charge on any atom is 0.419 e. The second kappa shape index (κ2) is 8.55. The zero-order valence-corrected chi connectivity index (χ0v) is 16.1. The lowest BCUT2D eigenvalue weighted by Gasteiger charge is -2.12. The minimum Gasteiger partial charge on any atom is -0.489 e. The van der Waals surface area contributed by atoms with E-state index in [9.17, 15) is 17.6 Å². The van der Waals surface area contributed by atoms with Gasteiger partial charge in [-0.1, -0.05) is 41.5 Å². The summed E-state index contributed by atoms with van der Waals surface area (Å²) in [7, 11) is 0. The summed E-state index contributed by atoms with van der Waals surface area (Å²) in [5.41, 5.74) is 3.29. The highest BCUT2D eigenvalue weighted by molar-refractivity contribution is 5.48. The van der Waals surface area contributed by atoms with Crippen LogP contribution in [0.1, 0.15) is 27.8 Å². The maximum atomic E-state index is 13.7. The van der Waals surface area contributed by atoms with Crippen LogP contribution in [-0.4, -0.2) is 0 Å². The molecule has 6 heteroatoms. The zero-order chi connectivity index (χ0) is 21.0. The number of ether oxygens (including phenoxy) is 1. The number of hydrogen-bond acceptors (Lipinski definition) is 2. The Morgan fingerprint density at radius 1 is 0.862 bits per heavy atom. The molecule has 0 aromatic heterocycles. The summed E-state index contributed by atoms with van der Waals surface area (Å²) in [5, 5.41) is 3.08. The third-order valence-electron chi connectivity index (χ3n) is 4.36. The van der Waals surface area contributed by atoms with Crippen molar-refractivity contribution in [3.05, 3.63) is 94.3 Å². The summed E-state index contributed by atoms with van der Waals surface area (Å²) >= 11 is 0. The Bertz CT molecular complexity index is 978. The molecule has 0 aliphatic rings. The predicted octanol–water partition coefficient (Wildman–Crippen LogP) is 6.65. The molecule has 0 unspecified atom stereocenters. The quantitative estimate of drug-likeness (QED) is 0.465. The van der Waals surface area contributed by atoms with Gasteiger partial charge >= 0.3 is 6.18 Å². The highest BCUT2D eigenvalue weighted by atomic mass is 19.4. The van der Waals surface area contributed by atoms with Crippen LogP contribution in [-0.2, 0) is 19.3 Å². The molecular formula is C23H21F4NO. The first kappa shape index (κ1) is 20.7. The van der Waals surface area contributed by atoms with Crippen LogP contribution in [0.4, 0.5) is 23.2 Å². The van der Waals surface area contributed by atoms with Crippen LogP contribution in [0.15, 0.2) is 60.7 Å². The molecule has 152 valence electrons. The van der Waals surface area contributed by atoms with Gasteiger partial charge in [0.1, 0.15) is 18.2 Å². The summed E-state index contributed by atoms with van der Waals surface area (Å²) in [6.45, 7) is 4.68. The lowest BCUT2D eigenvalue weighted by atomic mass is 10.1. The van der Waals surface area contributed by atoms with Crippen LogP contribution in [0.25, 0.3) is 0 Å². The standard InChI is InChI=1S/C23H21F4NO/c1-15-8-16(2)10-18(9-15)14-29-20-5-3-4-19(12-20)28-13-17-6-7-21(22(24)11-17)23(25,26)27/h3-12,28H,13-14H2,1-2H3. The van der Waals surface area contributed by atoms with Crippen molar-refractivity contribution in [2.24, 2.45) is 0 Å². The van der Waals surface area contributed by atoms with Crippen molar-refractivity contribution >= 4 is 5.69 Å². The molecule has 2 nitrogen and oxygen atoms in total. The van der Waals surface area contributed by atoms with Crippen LogP contribution in [0.2, 0.25) is 0 Å². The van der Waals surface area contributed by atoms with Gasteiger partial charge in [-0.2, -0.15) is 13.2 Å². The van der Waals surface area contributed by atoms with Gasteiger partial charge in [-0.05, 0) is 49.2 Å². The lowest BCUT2D eigenvalue weighted by molar-refractivity contribution is -0.140. The fourth-order valence-electron chi connectivity index (χ4n) is 3.12. The van der Waals surface area contributed by atoms with Crippen molar-refractivity contribution in [1.29, 1.82) is 0 Å². The molecule has 0 heterocycles. The summed E-state index contributed by atoms with van der Waals surface area (Å²) in [4.78, 5) is 0. The van der Waals surface area contributed by atoms with E-state index >= 15 is 0 Å². The topological polar surface area (TPSA) is 21.3 Å². The molecule has 0 atom stereocenters. The highest BCUT2D eigenvalue weighted by Crippen LogP contribution is 2.31. The third kappa shape index (κ3) is 5.73. The Morgan fingerprint density at radius 2 is 1.59 bits per heavy atom. The number of halogens is 4. The summed E-state index contributed by atoms with van der Waals surface area (Å²) in [5.74, 6) is -0.616. The first-order valence-electron chi connectivity index (χ1n) is 9.10. The minimum absolute atomic E-state index is 0.190. The van der Waals surface area contributed by atoms with E-state index < -0.39 is 17.6 Å². The van der Waals surface area contributed by atoms with Gasteiger partial charge in [0, 0.05) is 18.3 Å². The van der Waals surface area contributed by atoms with Gasteiger partial charge in [0.25, 0.3) is 0 Å². The van der Waals surface area contributed by atoms with Gasteiger partial charge in [0.15, 0.2) is 0 Å². The third-order valence-corrected chi connectivity index (χ3v) is 4.36. The van der Waals surface area contributed by atoms with E-state index in [0.29, 0.717) is 17.9 Å². The summed E-state index contributed by atoms with van der Waals surface area (Å²) in [6.07, 6.45) is -4.70. The fraction of sp³-hybridized carbons (Fsp3) is 0.217. The molecule has 0 radical (unpaired) electrons. The molecular weight excluding hydrogens is 382 g/mol. The molecule has 0 saturated carbocycles. The average molecular weight is 403 g/mol. The number of hydrogen-bond donors (Lipinski definition) is 1. The molecule has 0 aliphatic heterocycles. The second-order valence-electron chi connectivity index (χ2n) is 6.98. The minimum atomic E-state index is -4.70. The van der Waals surface area contributed by atoms with E-state index in [0.717, 1.165) is 23.4 Å². The number of aryl methyl sites for hydroxylation is 2. The van der Waals surface area contributed by atoms with E-state index in [-0.39, 0.29) is 6.54 Å². The number of rotatable bonds is 6. The van der Waals surface area contributed by atoms with Crippen LogP contribution < -0.4 is 10.1 Å². The normalized spacial score (nSPS) is 11.4. The zero-order valence-electron chi connectivity index (χ0n) is 16.1. The van der Waals surface area contributed by atoms with Crippen LogP contribution in [0.3, 0.4) is 0 Å². The van der Waals surface area contributed by atoms with Crippen molar-refractivity contribution in [2.75, 3.05) is 5.32 Å². The van der Waals surface area contributed by atoms with Crippen molar-refractivity contribution in [3.8, 4) is 5.75 Å². The van der Waals surface area contributed by atoms with Gasteiger partial charge in [-0.15, -0.1) is 0 Å². The van der Waals surface area contributed by atoms with E-state index in [4.69, 9.17) is 4.74 Å². The van der Waals surface area contributed by atoms with E-state index in [2.05, 4.69) is 23.5 Å². The molecule has 3 rings (SSSR count). The second-order valence-corrected chi connectivity index (χ2v) is 6.98. The fourth-order valence-corrected chi connectivity index (χ4v) is 3.12. The smallest absolute Gasteiger partial charge is 0.419 e. The maximum absolute atomic E-state index is 13.7. The molecule has 0 amide bonds. The number of anilines is 1. The van der Waals surface area contributed by atoms with Gasteiger partial charge < -0.3 is 10.1 Å². The van der Waals surface area contributed by atoms with Crippen LogP contribution >= 0.6 is 0 Å². The summed E-state index contributed by atoms with van der Waals surface area (Å²) < 4.78 is 57.5. The van der Waals surface area contributed by atoms with Crippen molar-refractivity contribution in [3.63, 3.8) is 0 Å². The molecule has 3 aromatic rings. The SMILES string of the molecule is Cc1cc(C)cc(COc2cccc(NCc3ccc(C(F)(F)F)c(F)c3)c2)c1. The largest absolute Gasteiger partial charge is 0.489 e. The van der Waals surface area contributed by atoms with E-state index in [1.165, 1.54) is 17.2 Å². The molecule has 3 aromatic carbocycles. The van der Waals surface area contributed by atoms with Crippen molar-refractivity contribution in [2.45, 2.75) is 33.2 Å². The summed E-state index contributed by atoms with van der Waals surface area (Å²) in [6, 6.07) is 16.4. The molecule has 0 saturated heterocycles. The monoisotopic (exact) mass is 403 g/mol. The van der Waals surface area contributed by atoms with Gasteiger partial charge in [0.2, 0.25) is 0 Å². The Balaban J connectivity index is 1.62. The Kier molecular flexibility index (Phi) is 6.11. The lowest BCUT2D eigenvalue weighted by Crippen LogP contribution is -2.09. The Morgan fingerprint density at radius 3 is 2.24 bits per heavy atom. The number of alkyl halides is 3.